The van der Waals surface area contributed by atoms with Crippen molar-refractivity contribution in [2.24, 2.45) is 0 Å². The lowest BCUT2D eigenvalue weighted by Crippen LogP contribution is -2.00. The number of fused-ring (bicyclic) bond motifs is 6. The molecule has 0 saturated carbocycles. The maximum atomic E-state index is 5.17. The molecule has 0 aliphatic carbocycles. The zero-order chi connectivity index (χ0) is 37.0. The molecule has 0 bridgehead atoms. The summed E-state index contributed by atoms with van der Waals surface area (Å²) >= 11 is 1.81. The van der Waals surface area contributed by atoms with Gasteiger partial charge in [-0.1, -0.05) is 133 Å². The molecule has 56 heavy (non-hydrogen) atoms. The molecule has 11 rings (SSSR count). The van der Waals surface area contributed by atoms with Crippen LogP contribution in [0.15, 0.2) is 194 Å². The summed E-state index contributed by atoms with van der Waals surface area (Å²) in [5.41, 5.74) is 11.1. The predicted molar refractivity (Wildman–Crippen MR) is 234 cm³/mol. The van der Waals surface area contributed by atoms with Crippen LogP contribution in [-0.2, 0) is 0 Å². The van der Waals surface area contributed by atoms with Gasteiger partial charge >= 0.3 is 0 Å². The van der Waals surface area contributed by atoms with E-state index in [1.165, 1.54) is 47.8 Å². The largest absolute Gasteiger partial charge is 0.309 e. The van der Waals surface area contributed by atoms with E-state index in [0.29, 0.717) is 17.5 Å². The summed E-state index contributed by atoms with van der Waals surface area (Å²) in [6.45, 7) is 0. The van der Waals surface area contributed by atoms with Gasteiger partial charge in [0.2, 0.25) is 0 Å². The molecule has 0 amide bonds. The topological polar surface area (TPSA) is 43.6 Å². The van der Waals surface area contributed by atoms with Crippen molar-refractivity contribution in [3.05, 3.63) is 194 Å². The minimum absolute atomic E-state index is 0.645. The molecule has 5 heteroatoms. The number of hydrogen-bond donors (Lipinski definition) is 0. The Kier molecular flexibility index (Phi) is 7.64. The van der Waals surface area contributed by atoms with Crippen LogP contribution in [-0.4, -0.2) is 19.5 Å². The number of nitrogens with zero attached hydrogens (tertiary/aromatic N) is 4. The highest BCUT2D eigenvalue weighted by Crippen LogP contribution is 2.40. The molecule has 0 radical (unpaired) electrons. The summed E-state index contributed by atoms with van der Waals surface area (Å²) in [5, 5.41) is 4.83. The van der Waals surface area contributed by atoms with Gasteiger partial charge in [0, 0.05) is 53.3 Å². The number of aromatic nitrogens is 4. The van der Waals surface area contributed by atoms with Crippen LogP contribution in [0.4, 0.5) is 0 Å². The van der Waals surface area contributed by atoms with Crippen molar-refractivity contribution in [2.75, 3.05) is 0 Å². The average molecular weight is 733 g/mol. The minimum atomic E-state index is 0.645. The second kappa shape index (κ2) is 13.3. The summed E-state index contributed by atoms with van der Waals surface area (Å²) < 4.78 is 4.78. The van der Waals surface area contributed by atoms with Crippen molar-refractivity contribution in [1.29, 1.82) is 0 Å². The SMILES string of the molecule is c1ccc(-c2cccc(-c3ccc4sc5cc(-c6nc(-c7ccccc7)nc(-c7ccc8c(c7)c7ccccc7n8-c7ccccc7)n6)ccc5c4c3)c2)cc1. The van der Waals surface area contributed by atoms with Crippen LogP contribution in [0, 0.1) is 0 Å². The van der Waals surface area contributed by atoms with E-state index >= 15 is 0 Å². The van der Waals surface area contributed by atoms with Crippen LogP contribution in [0.5, 0.6) is 0 Å². The average Bonchev–Trinajstić information content (AvgIpc) is 3.82. The van der Waals surface area contributed by atoms with Gasteiger partial charge in [-0.25, -0.2) is 15.0 Å². The first-order valence-corrected chi connectivity index (χ1v) is 19.6. The number of benzene rings is 8. The number of rotatable bonds is 6. The fraction of sp³-hybridized carbons (Fsp3) is 0. The maximum Gasteiger partial charge on any atom is 0.164 e. The van der Waals surface area contributed by atoms with Crippen molar-refractivity contribution in [3.8, 4) is 62.1 Å². The molecule has 0 atom stereocenters. The number of para-hydroxylation sites is 2. The molecule has 0 aliphatic rings. The van der Waals surface area contributed by atoms with Crippen LogP contribution >= 0.6 is 11.3 Å². The molecule has 11 aromatic rings. The molecule has 0 spiro atoms. The van der Waals surface area contributed by atoms with Gasteiger partial charge < -0.3 is 4.57 Å². The highest BCUT2D eigenvalue weighted by molar-refractivity contribution is 7.25. The van der Waals surface area contributed by atoms with Crippen molar-refractivity contribution in [2.45, 2.75) is 0 Å². The van der Waals surface area contributed by atoms with Gasteiger partial charge in [0.15, 0.2) is 17.5 Å². The number of thiophene rings is 1. The molecule has 0 N–H and O–H groups in total. The van der Waals surface area contributed by atoms with Crippen LogP contribution in [0.1, 0.15) is 0 Å². The van der Waals surface area contributed by atoms with Crippen LogP contribution in [0.3, 0.4) is 0 Å². The smallest absolute Gasteiger partial charge is 0.164 e. The van der Waals surface area contributed by atoms with E-state index in [4.69, 9.17) is 15.0 Å². The van der Waals surface area contributed by atoms with Gasteiger partial charge in [-0.2, -0.15) is 0 Å². The quantitative estimate of drug-likeness (QED) is 0.171. The molecule has 3 heterocycles. The summed E-state index contributed by atoms with van der Waals surface area (Å²) in [5.74, 6) is 1.95. The van der Waals surface area contributed by atoms with Crippen molar-refractivity contribution in [3.63, 3.8) is 0 Å². The second-order valence-electron chi connectivity index (χ2n) is 14.1. The first-order chi connectivity index (χ1) is 27.7. The first kappa shape index (κ1) is 32.2. The van der Waals surface area contributed by atoms with Crippen LogP contribution in [0.2, 0.25) is 0 Å². The third-order valence-electron chi connectivity index (χ3n) is 10.6. The molecule has 0 unspecified atom stereocenters. The summed E-state index contributed by atoms with van der Waals surface area (Å²) in [7, 11) is 0. The molecule has 3 aromatic heterocycles. The van der Waals surface area contributed by atoms with Gasteiger partial charge in [0.05, 0.1) is 11.0 Å². The predicted octanol–water partition coefficient (Wildman–Crippen LogP) is 13.7. The summed E-state index contributed by atoms with van der Waals surface area (Å²) in [6, 6.07) is 68.7. The van der Waals surface area contributed by atoms with Gasteiger partial charge in [-0.15, -0.1) is 11.3 Å². The Labute approximate surface area is 327 Å². The Bertz CT molecular complexity index is 3240. The lowest BCUT2D eigenvalue weighted by atomic mass is 9.98. The summed E-state index contributed by atoms with van der Waals surface area (Å²) in [4.78, 5) is 15.3. The van der Waals surface area contributed by atoms with E-state index in [1.54, 1.807) is 11.3 Å². The molecule has 0 saturated heterocycles. The van der Waals surface area contributed by atoms with E-state index in [-0.39, 0.29) is 0 Å². The Balaban J connectivity index is 1.02. The second-order valence-corrected chi connectivity index (χ2v) is 15.1. The lowest BCUT2D eigenvalue weighted by molar-refractivity contribution is 1.07. The monoisotopic (exact) mass is 732 g/mol. The summed E-state index contributed by atoms with van der Waals surface area (Å²) in [6.07, 6.45) is 0. The minimum Gasteiger partial charge on any atom is -0.309 e. The molecule has 0 fully saturated rings. The van der Waals surface area contributed by atoms with Crippen molar-refractivity contribution >= 4 is 53.3 Å². The highest BCUT2D eigenvalue weighted by Gasteiger charge is 2.17. The lowest BCUT2D eigenvalue weighted by Gasteiger charge is -2.10. The zero-order valence-electron chi connectivity index (χ0n) is 30.2. The van der Waals surface area contributed by atoms with E-state index < -0.39 is 0 Å². The normalized spacial score (nSPS) is 11.6. The van der Waals surface area contributed by atoms with E-state index in [2.05, 4.69) is 180 Å². The number of hydrogen-bond acceptors (Lipinski definition) is 4. The molecule has 0 aliphatic heterocycles. The molecule has 8 aromatic carbocycles. The maximum absolute atomic E-state index is 5.17. The Morgan fingerprint density at radius 2 is 0.839 bits per heavy atom. The third-order valence-corrected chi connectivity index (χ3v) is 11.8. The van der Waals surface area contributed by atoms with Crippen molar-refractivity contribution in [1.82, 2.24) is 19.5 Å². The van der Waals surface area contributed by atoms with E-state index in [1.807, 2.05) is 18.2 Å². The molecular formula is C51H32N4S. The van der Waals surface area contributed by atoms with E-state index in [9.17, 15) is 0 Å². The molecule has 4 nitrogen and oxygen atoms in total. The fourth-order valence-corrected chi connectivity index (χ4v) is 9.05. The fourth-order valence-electron chi connectivity index (χ4n) is 7.92. The van der Waals surface area contributed by atoms with Crippen LogP contribution in [0.25, 0.3) is 104 Å². The molecular weight excluding hydrogens is 701 g/mol. The van der Waals surface area contributed by atoms with Gasteiger partial charge in [-0.05, 0) is 82.9 Å². The van der Waals surface area contributed by atoms with Gasteiger partial charge in [0.25, 0.3) is 0 Å². The van der Waals surface area contributed by atoms with Gasteiger partial charge in [0.1, 0.15) is 0 Å². The third kappa shape index (κ3) is 5.56. The van der Waals surface area contributed by atoms with Crippen LogP contribution < -0.4 is 0 Å². The zero-order valence-corrected chi connectivity index (χ0v) is 31.0. The molecule has 262 valence electrons. The highest BCUT2D eigenvalue weighted by atomic mass is 32.1. The van der Waals surface area contributed by atoms with Crippen molar-refractivity contribution < 1.29 is 0 Å². The van der Waals surface area contributed by atoms with Gasteiger partial charge in [-0.3, -0.25) is 0 Å². The first-order valence-electron chi connectivity index (χ1n) is 18.8. The Morgan fingerprint density at radius 3 is 1.61 bits per heavy atom. The van der Waals surface area contributed by atoms with E-state index in [0.717, 1.165) is 38.8 Å². The Hall–Kier alpha value is -7.21. The standard InChI is InChI=1S/C51H32N4S/c1-4-13-33(14-5-1)35-17-12-18-36(29-35)37-25-28-47-44(30-37)42-26-23-39(32-48(42)56-47)51-53-49(34-15-6-2-7-16-34)52-50(54-51)38-24-27-46-43(31-38)41-21-10-11-22-45(41)55(46)40-19-8-3-9-20-40/h1-32H. The Morgan fingerprint density at radius 1 is 0.304 bits per heavy atom.